The summed E-state index contributed by atoms with van der Waals surface area (Å²) in [6.45, 7) is 8.81. The maximum absolute atomic E-state index is 12.5. The fourth-order valence-corrected chi connectivity index (χ4v) is 2.93. The van der Waals surface area contributed by atoms with Gasteiger partial charge in [0.1, 0.15) is 5.75 Å². The predicted octanol–water partition coefficient (Wildman–Crippen LogP) is 3.94. The van der Waals surface area contributed by atoms with Crippen LogP contribution in [0.1, 0.15) is 35.3 Å². The number of ether oxygens (including phenoxy) is 1. The summed E-state index contributed by atoms with van der Waals surface area (Å²) >= 11 is 0. The minimum Gasteiger partial charge on any atom is -0.481 e. The third-order valence-electron chi connectivity index (χ3n) is 4.48. The van der Waals surface area contributed by atoms with Crippen molar-refractivity contribution in [1.82, 2.24) is 0 Å². The summed E-state index contributed by atoms with van der Waals surface area (Å²) in [5, 5.41) is 2.90. The fraction of sp³-hybridized carbons (Fsp3) is 0.333. The third-order valence-corrected chi connectivity index (χ3v) is 4.48. The zero-order valence-corrected chi connectivity index (χ0v) is 15.6. The van der Waals surface area contributed by atoms with E-state index in [1.165, 1.54) is 0 Å². The maximum Gasteiger partial charge on any atom is 0.265 e. The number of aryl methyl sites for hydroxylation is 2. The van der Waals surface area contributed by atoms with Gasteiger partial charge >= 0.3 is 0 Å². The number of hydrogen-bond donors (Lipinski definition) is 1. The fourth-order valence-electron chi connectivity index (χ4n) is 2.93. The molecule has 136 valence electrons. The molecule has 0 fully saturated rings. The van der Waals surface area contributed by atoms with E-state index >= 15 is 0 Å². The van der Waals surface area contributed by atoms with E-state index in [1.54, 1.807) is 17.0 Å². The van der Waals surface area contributed by atoms with Crippen molar-refractivity contribution in [3.05, 3.63) is 53.1 Å². The zero-order chi connectivity index (χ0) is 18.8. The number of hydrogen-bond acceptors (Lipinski definition) is 3. The first-order chi connectivity index (χ1) is 12.3. The number of rotatable bonds is 4. The van der Waals surface area contributed by atoms with Gasteiger partial charge in [-0.1, -0.05) is 19.9 Å². The first-order valence-corrected chi connectivity index (χ1v) is 8.81. The van der Waals surface area contributed by atoms with Crippen LogP contribution < -0.4 is 15.0 Å². The summed E-state index contributed by atoms with van der Waals surface area (Å²) in [4.78, 5) is 26.4. The van der Waals surface area contributed by atoms with Gasteiger partial charge in [-0.2, -0.15) is 0 Å². The van der Waals surface area contributed by atoms with Crippen molar-refractivity contribution in [2.24, 2.45) is 5.92 Å². The zero-order valence-electron chi connectivity index (χ0n) is 15.6. The molecule has 0 unspecified atom stereocenters. The normalized spacial score (nSPS) is 13.4. The second-order valence-electron chi connectivity index (χ2n) is 7.12. The van der Waals surface area contributed by atoms with Gasteiger partial charge in [0.05, 0.1) is 5.69 Å². The standard InChI is InChI=1S/C21H24N2O3/c1-13(2)11-23-18-8-7-17(10-19(18)26-12-20(23)24)22-21(25)16-6-5-14(3)15(4)9-16/h5-10,13H,11-12H2,1-4H3,(H,22,25). The van der Waals surface area contributed by atoms with Crippen LogP contribution in [0, 0.1) is 19.8 Å². The Bertz CT molecular complexity index is 858. The van der Waals surface area contributed by atoms with Gasteiger partial charge in [0.25, 0.3) is 11.8 Å². The molecule has 0 saturated heterocycles. The lowest BCUT2D eigenvalue weighted by Gasteiger charge is -2.31. The summed E-state index contributed by atoms with van der Waals surface area (Å²) in [7, 11) is 0. The second kappa shape index (κ2) is 7.20. The van der Waals surface area contributed by atoms with Crippen LogP contribution in [0.15, 0.2) is 36.4 Å². The number of nitrogens with one attached hydrogen (secondary N) is 1. The molecule has 1 heterocycles. The second-order valence-corrected chi connectivity index (χ2v) is 7.12. The molecule has 3 rings (SSSR count). The van der Waals surface area contributed by atoms with Crippen LogP contribution >= 0.6 is 0 Å². The molecule has 1 aliphatic rings. The van der Waals surface area contributed by atoms with E-state index in [-0.39, 0.29) is 18.4 Å². The van der Waals surface area contributed by atoms with Gasteiger partial charge in [0, 0.05) is 23.9 Å². The minimum absolute atomic E-state index is 0.0221. The first-order valence-electron chi connectivity index (χ1n) is 8.81. The van der Waals surface area contributed by atoms with Crippen molar-refractivity contribution >= 4 is 23.2 Å². The van der Waals surface area contributed by atoms with E-state index in [0.717, 1.165) is 16.8 Å². The number of carbonyl (C=O) groups excluding carboxylic acids is 2. The molecular formula is C21H24N2O3. The van der Waals surface area contributed by atoms with Gasteiger partial charge in [-0.05, 0) is 55.2 Å². The van der Waals surface area contributed by atoms with E-state index in [9.17, 15) is 9.59 Å². The topological polar surface area (TPSA) is 58.6 Å². The molecule has 26 heavy (non-hydrogen) atoms. The van der Waals surface area contributed by atoms with Crippen LogP contribution in [-0.4, -0.2) is 25.0 Å². The first kappa shape index (κ1) is 18.0. The Morgan fingerprint density at radius 1 is 1.15 bits per heavy atom. The molecule has 5 heteroatoms. The Kier molecular flexibility index (Phi) is 4.98. The van der Waals surface area contributed by atoms with Gasteiger partial charge in [-0.3, -0.25) is 9.59 Å². The lowest BCUT2D eigenvalue weighted by molar-refractivity contribution is -0.121. The highest BCUT2D eigenvalue weighted by Crippen LogP contribution is 2.35. The van der Waals surface area contributed by atoms with Crippen molar-refractivity contribution in [3.8, 4) is 5.75 Å². The molecule has 1 N–H and O–H groups in total. The highest BCUT2D eigenvalue weighted by Gasteiger charge is 2.26. The molecule has 0 aliphatic carbocycles. The van der Waals surface area contributed by atoms with Crippen molar-refractivity contribution < 1.29 is 14.3 Å². The van der Waals surface area contributed by atoms with Crippen molar-refractivity contribution in [2.75, 3.05) is 23.4 Å². The van der Waals surface area contributed by atoms with E-state index in [2.05, 4.69) is 19.2 Å². The molecule has 2 amide bonds. The SMILES string of the molecule is Cc1ccc(C(=O)Nc2ccc3c(c2)OCC(=O)N3CC(C)C)cc1C. The van der Waals surface area contributed by atoms with Crippen molar-refractivity contribution in [3.63, 3.8) is 0 Å². The Morgan fingerprint density at radius 2 is 1.92 bits per heavy atom. The molecule has 0 atom stereocenters. The van der Waals surface area contributed by atoms with Gasteiger partial charge < -0.3 is 15.0 Å². The largest absolute Gasteiger partial charge is 0.481 e. The number of benzene rings is 2. The number of anilines is 2. The highest BCUT2D eigenvalue weighted by molar-refractivity contribution is 6.05. The molecule has 2 aromatic rings. The molecule has 0 spiro atoms. The van der Waals surface area contributed by atoms with E-state index < -0.39 is 0 Å². The Hall–Kier alpha value is -2.82. The van der Waals surface area contributed by atoms with E-state index in [0.29, 0.717) is 29.5 Å². The lowest BCUT2D eigenvalue weighted by atomic mass is 10.1. The smallest absolute Gasteiger partial charge is 0.265 e. The molecule has 2 aromatic carbocycles. The van der Waals surface area contributed by atoms with Crippen LogP contribution in [0.2, 0.25) is 0 Å². The number of nitrogens with zero attached hydrogens (tertiary/aromatic N) is 1. The molecule has 0 aromatic heterocycles. The highest BCUT2D eigenvalue weighted by atomic mass is 16.5. The molecule has 0 bridgehead atoms. The van der Waals surface area contributed by atoms with Gasteiger partial charge in [-0.25, -0.2) is 0 Å². The summed E-state index contributed by atoms with van der Waals surface area (Å²) < 4.78 is 5.57. The number of amides is 2. The number of fused-ring (bicyclic) bond motifs is 1. The molecule has 1 aliphatic heterocycles. The third kappa shape index (κ3) is 3.72. The monoisotopic (exact) mass is 352 g/mol. The lowest BCUT2D eigenvalue weighted by Crippen LogP contribution is -2.40. The molecule has 0 radical (unpaired) electrons. The summed E-state index contributed by atoms with van der Waals surface area (Å²) in [6, 6.07) is 11.0. The van der Waals surface area contributed by atoms with Crippen molar-refractivity contribution in [1.29, 1.82) is 0 Å². The predicted molar refractivity (Wildman–Crippen MR) is 103 cm³/mol. The van der Waals surface area contributed by atoms with Crippen LogP contribution in [0.3, 0.4) is 0 Å². The molecule has 0 saturated carbocycles. The average molecular weight is 352 g/mol. The molecular weight excluding hydrogens is 328 g/mol. The molecule has 5 nitrogen and oxygen atoms in total. The Labute approximate surface area is 154 Å². The minimum atomic E-state index is -0.168. The summed E-state index contributed by atoms with van der Waals surface area (Å²) in [5.74, 6) is 0.759. The van der Waals surface area contributed by atoms with E-state index in [4.69, 9.17) is 4.74 Å². The number of carbonyl (C=O) groups is 2. The van der Waals surface area contributed by atoms with Gasteiger partial charge in [-0.15, -0.1) is 0 Å². The van der Waals surface area contributed by atoms with Crippen molar-refractivity contribution in [2.45, 2.75) is 27.7 Å². The van der Waals surface area contributed by atoms with Gasteiger partial charge in [0.2, 0.25) is 0 Å². The Balaban J connectivity index is 1.81. The Morgan fingerprint density at radius 3 is 2.62 bits per heavy atom. The van der Waals surface area contributed by atoms with Crippen LogP contribution in [0.25, 0.3) is 0 Å². The van der Waals surface area contributed by atoms with Crippen LogP contribution in [-0.2, 0) is 4.79 Å². The quantitative estimate of drug-likeness (QED) is 0.907. The van der Waals surface area contributed by atoms with Crippen LogP contribution in [0.4, 0.5) is 11.4 Å². The van der Waals surface area contributed by atoms with E-state index in [1.807, 2.05) is 38.1 Å². The average Bonchev–Trinajstić information content (AvgIpc) is 2.59. The summed E-state index contributed by atoms with van der Waals surface area (Å²) in [5.41, 5.74) is 4.24. The maximum atomic E-state index is 12.5. The van der Waals surface area contributed by atoms with Crippen LogP contribution in [0.5, 0.6) is 5.75 Å². The van der Waals surface area contributed by atoms with Gasteiger partial charge in [0.15, 0.2) is 6.61 Å². The summed E-state index contributed by atoms with van der Waals surface area (Å²) in [6.07, 6.45) is 0.